The molecule has 0 amide bonds. The Morgan fingerprint density at radius 1 is 0.927 bits per heavy atom. The van der Waals surface area contributed by atoms with Crippen molar-refractivity contribution in [1.82, 2.24) is 0 Å². The average molecular weight is 567 g/mol. The third-order valence-electron chi connectivity index (χ3n) is 6.56. The highest BCUT2D eigenvalue weighted by Crippen LogP contribution is 2.37. The topological polar surface area (TPSA) is 185 Å². The van der Waals surface area contributed by atoms with Crippen LogP contribution in [-0.2, 0) is 9.47 Å². The van der Waals surface area contributed by atoms with Gasteiger partial charge < -0.3 is 48.9 Å². The van der Waals surface area contributed by atoms with Crippen molar-refractivity contribution in [3.05, 3.63) is 82.5 Å². The highest BCUT2D eigenvalue weighted by atomic mass is 16.7. The van der Waals surface area contributed by atoms with Gasteiger partial charge in [-0.15, -0.1) is 0 Å². The number of hydrogen-bond acceptors (Lipinski definition) is 12. The molecule has 214 valence electrons. The second-order valence-corrected chi connectivity index (χ2v) is 9.25. The van der Waals surface area contributed by atoms with E-state index in [0.717, 1.165) is 0 Å². The summed E-state index contributed by atoms with van der Waals surface area (Å²) in [6.45, 7) is -0.518. The largest absolute Gasteiger partial charge is 0.508 e. The standard InChI is InChI=1S/C29H26O12/c1-37-17-11-18(31)21-19(12-17)39-26(14-7-9-16(30)10-8-14)27(23(21)33)41-29-25(35)24(34)22(32)20(40-29)13-38-28(36)15-5-3-2-4-6-15/h2-12,20,22,24-25,29-32,34-35H,13H2,1H3/t20-,22-,24+,25-,29+/m1/s1. The Hall–Kier alpha value is -4.62. The lowest BCUT2D eigenvalue weighted by atomic mass is 9.99. The van der Waals surface area contributed by atoms with Crippen LogP contribution < -0.4 is 14.9 Å². The molecule has 12 heteroatoms. The number of phenolic OH excluding ortho intramolecular Hbond substituents is 2. The smallest absolute Gasteiger partial charge is 0.338 e. The molecular formula is C29H26O12. The minimum absolute atomic E-state index is 0.0476. The number of hydrogen-bond donors (Lipinski definition) is 5. The summed E-state index contributed by atoms with van der Waals surface area (Å²) in [6, 6.07) is 16.2. The summed E-state index contributed by atoms with van der Waals surface area (Å²) >= 11 is 0. The van der Waals surface area contributed by atoms with Gasteiger partial charge in [0.1, 0.15) is 59.2 Å². The Kier molecular flexibility index (Phi) is 7.81. The Balaban J connectivity index is 1.50. The van der Waals surface area contributed by atoms with E-state index in [2.05, 4.69) is 0 Å². The van der Waals surface area contributed by atoms with Crippen molar-refractivity contribution in [2.75, 3.05) is 13.7 Å². The highest BCUT2D eigenvalue weighted by Gasteiger charge is 2.46. The summed E-state index contributed by atoms with van der Waals surface area (Å²) in [5.41, 5.74) is -0.375. The van der Waals surface area contributed by atoms with Gasteiger partial charge in [0, 0.05) is 17.7 Å². The van der Waals surface area contributed by atoms with Crippen LogP contribution in [0.15, 0.2) is 75.9 Å². The summed E-state index contributed by atoms with van der Waals surface area (Å²) < 4.78 is 27.7. The van der Waals surface area contributed by atoms with Crippen molar-refractivity contribution in [3.8, 4) is 34.3 Å². The maximum Gasteiger partial charge on any atom is 0.338 e. The fourth-order valence-electron chi connectivity index (χ4n) is 4.37. The monoisotopic (exact) mass is 566 g/mol. The Morgan fingerprint density at radius 2 is 1.63 bits per heavy atom. The molecule has 2 heterocycles. The molecule has 5 atom stereocenters. The Morgan fingerprint density at radius 3 is 2.32 bits per heavy atom. The molecule has 1 aromatic heterocycles. The fraction of sp³-hybridized carbons (Fsp3) is 0.241. The summed E-state index contributed by atoms with van der Waals surface area (Å²) in [5.74, 6) is -1.69. The zero-order valence-electron chi connectivity index (χ0n) is 21.5. The minimum atomic E-state index is -1.85. The van der Waals surface area contributed by atoms with Gasteiger partial charge in [-0.3, -0.25) is 4.79 Å². The summed E-state index contributed by atoms with van der Waals surface area (Å²) in [7, 11) is 1.37. The van der Waals surface area contributed by atoms with Crippen LogP contribution in [0.1, 0.15) is 10.4 Å². The van der Waals surface area contributed by atoms with Crippen LogP contribution in [0.3, 0.4) is 0 Å². The number of carbonyl (C=O) groups is 1. The van der Waals surface area contributed by atoms with Gasteiger partial charge in [-0.2, -0.15) is 0 Å². The van der Waals surface area contributed by atoms with Crippen molar-refractivity contribution in [2.45, 2.75) is 30.7 Å². The molecule has 5 rings (SSSR count). The maximum absolute atomic E-state index is 13.6. The zero-order chi connectivity index (χ0) is 29.3. The molecule has 3 aromatic carbocycles. The SMILES string of the molecule is COc1cc(O)c2c(=O)c(O[C@@H]3O[C@H](COC(=O)c4ccccc4)[C@@H](O)[C@H](O)[C@H]3O)c(-c3ccc(O)cc3)oc2c1. The van der Waals surface area contributed by atoms with Crippen molar-refractivity contribution < 1.29 is 53.7 Å². The van der Waals surface area contributed by atoms with Crippen LogP contribution in [0.2, 0.25) is 0 Å². The first-order valence-electron chi connectivity index (χ1n) is 12.4. The first-order chi connectivity index (χ1) is 19.7. The van der Waals surface area contributed by atoms with Crippen LogP contribution in [-0.4, -0.2) is 75.9 Å². The van der Waals surface area contributed by atoms with Crippen molar-refractivity contribution in [1.29, 1.82) is 0 Å². The van der Waals surface area contributed by atoms with Gasteiger partial charge in [0.05, 0.1) is 12.7 Å². The molecule has 0 unspecified atom stereocenters. The molecule has 1 fully saturated rings. The van der Waals surface area contributed by atoms with Crippen LogP contribution >= 0.6 is 0 Å². The van der Waals surface area contributed by atoms with E-state index in [1.165, 1.54) is 55.6 Å². The lowest BCUT2D eigenvalue weighted by molar-refractivity contribution is -0.277. The fourth-order valence-corrected chi connectivity index (χ4v) is 4.37. The van der Waals surface area contributed by atoms with Crippen molar-refractivity contribution >= 4 is 16.9 Å². The molecule has 1 saturated heterocycles. The number of esters is 1. The molecule has 0 spiro atoms. The molecule has 41 heavy (non-hydrogen) atoms. The van der Waals surface area contributed by atoms with Gasteiger partial charge in [0.2, 0.25) is 17.5 Å². The van der Waals surface area contributed by atoms with Crippen LogP contribution in [0, 0.1) is 0 Å². The van der Waals surface area contributed by atoms with Gasteiger partial charge in [0.25, 0.3) is 0 Å². The normalized spacial score (nSPS) is 22.3. The van der Waals surface area contributed by atoms with Gasteiger partial charge in [-0.25, -0.2) is 4.79 Å². The van der Waals surface area contributed by atoms with E-state index < -0.39 is 60.2 Å². The predicted octanol–water partition coefficient (Wildman–Crippen LogP) is 1.92. The number of methoxy groups -OCH3 is 1. The number of aliphatic hydroxyl groups excluding tert-OH is 3. The molecule has 5 N–H and O–H groups in total. The van der Waals surface area contributed by atoms with E-state index in [0.29, 0.717) is 0 Å². The highest BCUT2D eigenvalue weighted by molar-refractivity contribution is 5.89. The lowest BCUT2D eigenvalue weighted by Crippen LogP contribution is -2.60. The van der Waals surface area contributed by atoms with Gasteiger partial charge in [0.15, 0.2) is 5.76 Å². The second kappa shape index (κ2) is 11.5. The maximum atomic E-state index is 13.6. The molecule has 0 saturated carbocycles. The number of fused-ring (bicyclic) bond motifs is 1. The number of ether oxygens (including phenoxy) is 4. The predicted molar refractivity (Wildman–Crippen MR) is 142 cm³/mol. The third-order valence-corrected chi connectivity index (χ3v) is 6.56. The van der Waals surface area contributed by atoms with Gasteiger partial charge in [-0.05, 0) is 36.4 Å². The quantitative estimate of drug-likeness (QED) is 0.205. The van der Waals surface area contributed by atoms with Crippen molar-refractivity contribution in [2.24, 2.45) is 0 Å². The number of aliphatic hydroxyl groups is 3. The number of carbonyl (C=O) groups excluding carboxylic acids is 1. The van der Waals surface area contributed by atoms with Crippen molar-refractivity contribution in [3.63, 3.8) is 0 Å². The third kappa shape index (κ3) is 5.54. The molecule has 0 radical (unpaired) electrons. The second-order valence-electron chi connectivity index (χ2n) is 9.25. The van der Waals surface area contributed by atoms with E-state index >= 15 is 0 Å². The molecule has 4 aromatic rings. The van der Waals surface area contributed by atoms with E-state index in [4.69, 9.17) is 23.4 Å². The summed E-state index contributed by atoms with van der Waals surface area (Å²) in [4.78, 5) is 26.0. The van der Waals surface area contributed by atoms with E-state index in [1.54, 1.807) is 18.2 Å². The molecule has 1 aliphatic heterocycles. The Labute approximate surface area is 232 Å². The molecule has 0 bridgehead atoms. The molecule has 1 aliphatic rings. The van der Waals surface area contributed by atoms with E-state index in [9.17, 15) is 35.1 Å². The number of rotatable bonds is 7. The first kappa shape index (κ1) is 27.9. The van der Waals surface area contributed by atoms with E-state index in [-0.39, 0.29) is 39.4 Å². The van der Waals surface area contributed by atoms with Crippen LogP contribution in [0.5, 0.6) is 23.0 Å². The van der Waals surface area contributed by atoms with Crippen LogP contribution in [0.25, 0.3) is 22.3 Å². The minimum Gasteiger partial charge on any atom is -0.508 e. The first-order valence-corrected chi connectivity index (χ1v) is 12.4. The lowest BCUT2D eigenvalue weighted by Gasteiger charge is -2.39. The molecule has 12 nitrogen and oxygen atoms in total. The zero-order valence-corrected chi connectivity index (χ0v) is 21.5. The summed E-state index contributed by atoms with van der Waals surface area (Å²) in [5, 5.41) is 51.7. The number of phenols is 2. The van der Waals surface area contributed by atoms with Gasteiger partial charge in [-0.1, -0.05) is 18.2 Å². The Bertz CT molecular complexity index is 1600. The molecular weight excluding hydrogens is 540 g/mol. The number of benzene rings is 3. The van der Waals surface area contributed by atoms with E-state index in [1.807, 2.05) is 0 Å². The number of aromatic hydroxyl groups is 2. The molecule has 0 aliphatic carbocycles. The summed E-state index contributed by atoms with van der Waals surface area (Å²) in [6.07, 6.45) is -8.43. The van der Waals surface area contributed by atoms with Gasteiger partial charge >= 0.3 is 5.97 Å². The average Bonchev–Trinajstić information content (AvgIpc) is 2.98. The van der Waals surface area contributed by atoms with Crippen LogP contribution in [0.4, 0.5) is 0 Å².